The third kappa shape index (κ3) is 2.62. The van der Waals surface area contributed by atoms with E-state index in [-0.39, 0.29) is 6.04 Å². The molecule has 0 aromatic carbocycles. The zero-order valence-electron chi connectivity index (χ0n) is 9.65. The molecule has 1 fully saturated rings. The van der Waals surface area contributed by atoms with E-state index in [1.165, 1.54) is 18.4 Å². The van der Waals surface area contributed by atoms with Gasteiger partial charge >= 0.3 is 0 Å². The zero-order chi connectivity index (χ0) is 11.5. The molecular formula is C12H19N3S. The highest BCUT2D eigenvalue weighted by atomic mass is 32.1. The lowest BCUT2D eigenvalue weighted by atomic mass is 10.1. The van der Waals surface area contributed by atoms with Crippen molar-refractivity contribution in [2.75, 3.05) is 0 Å². The Bertz CT molecular complexity index is 343. The minimum atomic E-state index is 0.118. The molecule has 16 heavy (non-hydrogen) atoms. The molecule has 1 atom stereocenters. The second-order valence-electron chi connectivity index (χ2n) is 4.41. The fraction of sp³-hybridized carbons (Fsp3) is 0.583. The van der Waals surface area contributed by atoms with Crippen LogP contribution in [0, 0.1) is 5.41 Å². The van der Waals surface area contributed by atoms with Crippen LogP contribution in [0.1, 0.15) is 31.7 Å². The Morgan fingerprint density at radius 1 is 1.69 bits per heavy atom. The van der Waals surface area contributed by atoms with Crippen molar-refractivity contribution in [2.45, 2.75) is 44.8 Å². The van der Waals surface area contributed by atoms with Crippen LogP contribution in [0.4, 0.5) is 0 Å². The van der Waals surface area contributed by atoms with Gasteiger partial charge in [0.25, 0.3) is 0 Å². The summed E-state index contributed by atoms with van der Waals surface area (Å²) in [5, 5.41) is 12.0. The quantitative estimate of drug-likeness (QED) is 0.590. The number of amidine groups is 1. The van der Waals surface area contributed by atoms with Crippen molar-refractivity contribution >= 4 is 17.2 Å². The van der Waals surface area contributed by atoms with Crippen LogP contribution in [0.3, 0.4) is 0 Å². The maximum atomic E-state index is 7.67. The molecule has 0 bridgehead atoms. The summed E-state index contributed by atoms with van der Waals surface area (Å²) in [6.07, 6.45) is 3.44. The van der Waals surface area contributed by atoms with E-state index in [9.17, 15) is 0 Å². The molecule has 1 unspecified atom stereocenters. The Kier molecular flexibility index (Phi) is 3.61. The molecule has 0 amide bonds. The van der Waals surface area contributed by atoms with E-state index < -0.39 is 0 Å². The molecule has 0 saturated heterocycles. The van der Waals surface area contributed by atoms with Crippen LogP contribution in [-0.2, 0) is 6.54 Å². The SMILES string of the molecule is CCC(C(=N)N)N(Cc1ccsc1)C1CC1. The molecule has 1 aromatic rings. The van der Waals surface area contributed by atoms with Crippen LogP contribution in [0.25, 0.3) is 0 Å². The Labute approximate surface area is 101 Å². The molecule has 2 rings (SSSR count). The van der Waals surface area contributed by atoms with Crippen LogP contribution in [0.15, 0.2) is 16.8 Å². The number of hydrogen-bond donors (Lipinski definition) is 2. The predicted molar refractivity (Wildman–Crippen MR) is 68.9 cm³/mol. The van der Waals surface area contributed by atoms with Gasteiger partial charge in [-0.15, -0.1) is 0 Å². The number of rotatable bonds is 6. The van der Waals surface area contributed by atoms with Gasteiger partial charge in [0, 0.05) is 12.6 Å². The first-order chi connectivity index (χ1) is 7.72. The Balaban J connectivity index is 2.07. The minimum absolute atomic E-state index is 0.118. The first-order valence-corrected chi connectivity index (χ1v) is 6.77. The van der Waals surface area contributed by atoms with Gasteiger partial charge in [0.2, 0.25) is 0 Å². The lowest BCUT2D eigenvalue weighted by Crippen LogP contribution is -2.44. The topological polar surface area (TPSA) is 53.1 Å². The van der Waals surface area contributed by atoms with Gasteiger partial charge in [0.15, 0.2) is 0 Å². The molecule has 1 aromatic heterocycles. The highest BCUT2D eigenvalue weighted by Gasteiger charge is 2.34. The number of hydrogen-bond acceptors (Lipinski definition) is 3. The van der Waals surface area contributed by atoms with E-state index in [1.807, 2.05) is 0 Å². The van der Waals surface area contributed by atoms with E-state index in [2.05, 4.69) is 28.7 Å². The molecule has 0 aliphatic heterocycles. The monoisotopic (exact) mass is 237 g/mol. The second kappa shape index (κ2) is 4.97. The standard InChI is InChI=1S/C12H19N3S/c1-2-11(12(13)14)15(10-3-4-10)7-9-5-6-16-8-9/h5-6,8,10-11H,2-4,7H2,1H3,(H3,13,14). The molecule has 1 aliphatic rings. The molecule has 0 spiro atoms. The smallest absolute Gasteiger partial charge is 0.108 e. The number of thiophene rings is 1. The van der Waals surface area contributed by atoms with Gasteiger partial charge in [-0.3, -0.25) is 10.3 Å². The van der Waals surface area contributed by atoms with Gasteiger partial charge in [0.05, 0.1) is 6.04 Å². The first-order valence-electron chi connectivity index (χ1n) is 5.83. The zero-order valence-corrected chi connectivity index (χ0v) is 10.5. The van der Waals surface area contributed by atoms with E-state index in [0.29, 0.717) is 11.9 Å². The van der Waals surface area contributed by atoms with Crippen molar-refractivity contribution in [2.24, 2.45) is 5.73 Å². The first kappa shape index (κ1) is 11.6. The van der Waals surface area contributed by atoms with E-state index >= 15 is 0 Å². The van der Waals surface area contributed by atoms with Crippen molar-refractivity contribution in [1.82, 2.24) is 4.90 Å². The van der Waals surface area contributed by atoms with Gasteiger partial charge in [-0.1, -0.05) is 6.92 Å². The summed E-state index contributed by atoms with van der Waals surface area (Å²) < 4.78 is 0. The maximum absolute atomic E-state index is 7.67. The van der Waals surface area contributed by atoms with E-state index in [1.54, 1.807) is 11.3 Å². The van der Waals surface area contributed by atoms with E-state index in [4.69, 9.17) is 11.1 Å². The van der Waals surface area contributed by atoms with Gasteiger partial charge in [-0.2, -0.15) is 11.3 Å². The van der Waals surface area contributed by atoms with Crippen LogP contribution in [-0.4, -0.2) is 22.8 Å². The fourth-order valence-electron chi connectivity index (χ4n) is 2.13. The van der Waals surface area contributed by atoms with Crippen LogP contribution in [0.5, 0.6) is 0 Å². The van der Waals surface area contributed by atoms with E-state index in [0.717, 1.165) is 13.0 Å². The average Bonchev–Trinajstić information content (AvgIpc) is 2.96. The summed E-state index contributed by atoms with van der Waals surface area (Å²) in [4.78, 5) is 2.39. The summed E-state index contributed by atoms with van der Waals surface area (Å²) in [5.74, 6) is 0.310. The lowest BCUT2D eigenvalue weighted by molar-refractivity contribution is 0.216. The van der Waals surface area contributed by atoms with Crippen LogP contribution in [0.2, 0.25) is 0 Å². The predicted octanol–water partition coefficient (Wildman–Crippen LogP) is 2.43. The molecule has 4 heteroatoms. The van der Waals surface area contributed by atoms with Crippen molar-refractivity contribution in [3.8, 4) is 0 Å². The number of nitrogens with two attached hydrogens (primary N) is 1. The summed E-state index contributed by atoms with van der Waals surface area (Å²) in [6, 6.07) is 2.92. The van der Waals surface area contributed by atoms with Gasteiger partial charge in [0.1, 0.15) is 5.84 Å². The Hall–Kier alpha value is -0.870. The average molecular weight is 237 g/mol. The molecule has 1 heterocycles. The third-order valence-corrected chi connectivity index (χ3v) is 3.84. The normalized spacial score (nSPS) is 17.6. The summed E-state index contributed by atoms with van der Waals surface area (Å²) in [5.41, 5.74) is 7.03. The Morgan fingerprint density at radius 3 is 2.88 bits per heavy atom. The second-order valence-corrected chi connectivity index (χ2v) is 5.19. The largest absolute Gasteiger partial charge is 0.386 e. The molecule has 1 aliphatic carbocycles. The fourth-order valence-corrected chi connectivity index (χ4v) is 2.79. The molecule has 1 saturated carbocycles. The number of nitrogens with one attached hydrogen (secondary N) is 1. The van der Waals surface area contributed by atoms with Crippen LogP contribution < -0.4 is 5.73 Å². The maximum Gasteiger partial charge on any atom is 0.108 e. The Morgan fingerprint density at radius 2 is 2.44 bits per heavy atom. The molecular weight excluding hydrogens is 218 g/mol. The summed E-state index contributed by atoms with van der Waals surface area (Å²) in [7, 11) is 0. The molecule has 0 radical (unpaired) electrons. The lowest BCUT2D eigenvalue weighted by Gasteiger charge is -2.30. The number of nitrogens with zero attached hydrogens (tertiary/aromatic N) is 1. The molecule has 3 nitrogen and oxygen atoms in total. The van der Waals surface area contributed by atoms with Crippen molar-refractivity contribution in [3.63, 3.8) is 0 Å². The highest BCUT2D eigenvalue weighted by molar-refractivity contribution is 7.07. The van der Waals surface area contributed by atoms with Gasteiger partial charge < -0.3 is 5.73 Å². The summed E-state index contributed by atoms with van der Waals surface area (Å²) >= 11 is 1.73. The third-order valence-electron chi connectivity index (χ3n) is 3.11. The van der Waals surface area contributed by atoms with Crippen LogP contribution >= 0.6 is 11.3 Å². The highest BCUT2D eigenvalue weighted by Crippen LogP contribution is 2.31. The van der Waals surface area contributed by atoms with Crippen molar-refractivity contribution < 1.29 is 0 Å². The molecule has 88 valence electrons. The minimum Gasteiger partial charge on any atom is -0.386 e. The van der Waals surface area contributed by atoms with Crippen molar-refractivity contribution in [3.05, 3.63) is 22.4 Å². The van der Waals surface area contributed by atoms with Gasteiger partial charge in [-0.25, -0.2) is 0 Å². The summed E-state index contributed by atoms with van der Waals surface area (Å²) in [6.45, 7) is 3.04. The molecule has 3 N–H and O–H groups in total. The van der Waals surface area contributed by atoms with Gasteiger partial charge in [-0.05, 0) is 41.7 Å². The van der Waals surface area contributed by atoms with Crippen molar-refractivity contribution in [1.29, 1.82) is 5.41 Å².